The van der Waals surface area contributed by atoms with E-state index in [0.29, 0.717) is 18.5 Å². The average Bonchev–Trinajstić information content (AvgIpc) is 3.11. The Bertz CT molecular complexity index is 1100. The van der Waals surface area contributed by atoms with E-state index in [1.54, 1.807) is 12.1 Å². The molecule has 0 fully saturated rings. The van der Waals surface area contributed by atoms with Crippen molar-refractivity contribution in [2.45, 2.75) is 20.3 Å². The van der Waals surface area contributed by atoms with E-state index in [1.807, 2.05) is 32.0 Å². The van der Waals surface area contributed by atoms with Crippen LogP contribution in [0.25, 0.3) is 6.08 Å². The standard InChI is InChI=1S/C22H20N4O4/c1-3-25(11-5-10-23)18-9-8-16(15(2)12-18)14-20-22(27)30-21(24-20)17-6-4-7-19(13-17)26(28)29/h4,6-9,12-14H,3,5,11H2,1-2H3/b20-14-. The van der Waals surface area contributed by atoms with E-state index in [1.165, 1.54) is 18.2 Å². The van der Waals surface area contributed by atoms with Crippen LogP contribution in [0.2, 0.25) is 0 Å². The molecule has 30 heavy (non-hydrogen) atoms. The number of nitrogens with zero attached hydrogens (tertiary/aromatic N) is 4. The van der Waals surface area contributed by atoms with Gasteiger partial charge in [0.25, 0.3) is 5.69 Å². The van der Waals surface area contributed by atoms with Crippen LogP contribution in [-0.4, -0.2) is 29.9 Å². The zero-order chi connectivity index (χ0) is 21.7. The van der Waals surface area contributed by atoms with Gasteiger partial charge in [0.1, 0.15) is 0 Å². The second-order valence-electron chi connectivity index (χ2n) is 6.67. The monoisotopic (exact) mass is 404 g/mol. The third-order valence-electron chi connectivity index (χ3n) is 4.71. The quantitative estimate of drug-likeness (QED) is 0.299. The van der Waals surface area contributed by atoms with Crippen molar-refractivity contribution in [2.24, 2.45) is 4.99 Å². The Morgan fingerprint density at radius 3 is 2.77 bits per heavy atom. The largest absolute Gasteiger partial charge is 0.402 e. The van der Waals surface area contributed by atoms with Crippen LogP contribution in [-0.2, 0) is 9.53 Å². The number of carbonyl (C=O) groups excluding carboxylic acids is 1. The van der Waals surface area contributed by atoms with E-state index < -0.39 is 10.9 Å². The highest BCUT2D eigenvalue weighted by Crippen LogP contribution is 2.25. The maximum absolute atomic E-state index is 12.3. The fourth-order valence-corrected chi connectivity index (χ4v) is 3.11. The molecule has 0 saturated heterocycles. The molecule has 8 nitrogen and oxygen atoms in total. The SMILES string of the molecule is CCN(CCC#N)c1ccc(/C=C2\N=C(c3cccc([N+](=O)[O-])c3)OC2=O)c(C)c1. The first-order valence-electron chi connectivity index (χ1n) is 9.43. The smallest absolute Gasteiger partial charge is 0.363 e. The summed E-state index contributed by atoms with van der Waals surface area (Å²) in [7, 11) is 0. The molecule has 0 atom stereocenters. The van der Waals surface area contributed by atoms with E-state index in [2.05, 4.69) is 16.0 Å². The van der Waals surface area contributed by atoms with Crippen molar-refractivity contribution in [3.8, 4) is 6.07 Å². The first kappa shape index (κ1) is 20.7. The summed E-state index contributed by atoms with van der Waals surface area (Å²) in [5.74, 6) is -0.568. The van der Waals surface area contributed by atoms with Gasteiger partial charge in [-0.05, 0) is 49.2 Å². The van der Waals surface area contributed by atoms with Crippen LogP contribution >= 0.6 is 0 Å². The van der Waals surface area contributed by atoms with Gasteiger partial charge in [-0.1, -0.05) is 12.1 Å². The van der Waals surface area contributed by atoms with Crippen LogP contribution in [0.5, 0.6) is 0 Å². The Hall–Kier alpha value is -3.99. The lowest BCUT2D eigenvalue weighted by Gasteiger charge is -2.22. The molecule has 3 rings (SSSR count). The first-order chi connectivity index (χ1) is 14.4. The molecule has 152 valence electrons. The number of nitriles is 1. The fourth-order valence-electron chi connectivity index (χ4n) is 3.11. The van der Waals surface area contributed by atoms with Crippen LogP contribution in [0.1, 0.15) is 30.0 Å². The highest BCUT2D eigenvalue weighted by atomic mass is 16.6. The van der Waals surface area contributed by atoms with Gasteiger partial charge in [-0.25, -0.2) is 9.79 Å². The number of aliphatic imine (C=N–C) groups is 1. The maximum atomic E-state index is 12.3. The van der Waals surface area contributed by atoms with E-state index in [4.69, 9.17) is 10.00 Å². The maximum Gasteiger partial charge on any atom is 0.363 e. The molecule has 1 aliphatic heterocycles. The zero-order valence-electron chi connectivity index (χ0n) is 16.7. The van der Waals surface area contributed by atoms with Crippen molar-refractivity contribution in [1.82, 2.24) is 0 Å². The molecule has 0 bridgehead atoms. The molecular weight excluding hydrogens is 384 g/mol. The summed E-state index contributed by atoms with van der Waals surface area (Å²) in [4.78, 5) is 29.0. The molecule has 0 saturated carbocycles. The van der Waals surface area contributed by atoms with Crippen molar-refractivity contribution in [3.05, 3.63) is 75.0 Å². The van der Waals surface area contributed by atoms with Gasteiger partial charge in [0.15, 0.2) is 5.70 Å². The van der Waals surface area contributed by atoms with Crippen molar-refractivity contribution >= 4 is 29.3 Å². The number of cyclic esters (lactones) is 1. The summed E-state index contributed by atoms with van der Waals surface area (Å²) in [5.41, 5.74) is 3.15. The Balaban J connectivity index is 1.87. The summed E-state index contributed by atoms with van der Waals surface area (Å²) < 4.78 is 5.21. The number of aryl methyl sites for hydroxylation is 1. The topological polar surface area (TPSA) is 109 Å². The van der Waals surface area contributed by atoms with Gasteiger partial charge in [0.05, 0.1) is 17.4 Å². The number of hydrogen-bond acceptors (Lipinski definition) is 7. The lowest BCUT2D eigenvalue weighted by molar-refractivity contribution is -0.384. The second kappa shape index (κ2) is 9.01. The minimum absolute atomic E-state index is 0.0397. The number of anilines is 1. The van der Waals surface area contributed by atoms with Crippen LogP contribution in [0, 0.1) is 28.4 Å². The Kier molecular flexibility index (Phi) is 6.23. The Morgan fingerprint density at radius 1 is 1.30 bits per heavy atom. The summed E-state index contributed by atoms with van der Waals surface area (Å²) in [6.07, 6.45) is 2.08. The zero-order valence-corrected chi connectivity index (χ0v) is 16.7. The van der Waals surface area contributed by atoms with Crippen LogP contribution in [0.3, 0.4) is 0 Å². The number of nitro benzene ring substituents is 1. The number of benzene rings is 2. The van der Waals surface area contributed by atoms with Crippen LogP contribution in [0.15, 0.2) is 53.2 Å². The molecule has 0 unspecified atom stereocenters. The Labute approximate surface area is 173 Å². The third kappa shape index (κ3) is 4.52. The normalized spacial score (nSPS) is 14.2. The number of rotatable bonds is 7. The predicted molar refractivity (Wildman–Crippen MR) is 113 cm³/mol. The lowest BCUT2D eigenvalue weighted by atomic mass is 10.1. The van der Waals surface area contributed by atoms with Crippen molar-refractivity contribution in [2.75, 3.05) is 18.0 Å². The molecule has 0 amide bonds. The summed E-state index contributed by atoms with van der Waals surface area (Å²) >= 11 is 0. The highest BCUT2D eigenvalue weighted by molar-refractivity contribution is 6.13. The summed E-state index contributed by atoms with van der Waals surface area (Å²) in [6, 6.07) is 13.8. The molecular formula is C22H20N4O4. The predicted octanol–water partition coefficient (Wildman–Crippen LogP) is 3.99. The van der Waals surface area contributed by atoms with Crippen molar-refractivity contribution < 1.29 is 14.5 Å². The number of ether oxygens (including phenoxy) is 1. The average molecular weight is 404 g/mol. The Morgan fingerprint density at radius 2 is 2.10 bits per heavy atom. The molecule has 8 heteroatoms. The van der Waals surface area contributed by atoms with Gasteiger partial charge in [-0.3, -0.25) is 10.1 Å². The van der Waals surface area contributed by atoms with Crippen LogP contribution < -0.4 is 4.90 Å². The number of nitro groups is 1. The minimum Gasteiger partial charge on any atom is -0.402 e. The lowest BCUT2D eigenvalue weighted by Crippen LogP contribution is -2.23. The van der Waals surface area contributed by atoms with Crippen molar-refractivity contribution in [3.63, 3.8) is 0 Å². The number of carbonyl (C=O) groups is 1. The van der Waals surface area contributed by atoms with Gasteiger partial charge < -0.3 is 9.64 Å². The second-order valence-corrected chi connectivity index (χ2v) is 6.67. The molecule has 2 aromatic rings. The minimum atomic E-state index is -0.607. The van der Waals surface area contributed by atoms with Gasteiger partial charge in [0, 0.05) is 36.5 Å². The van der Waals surface area contributed by atoms with Gasteiger partial charge in [-0.15, -0.1) is 0 Å². The van der Waals surface area contributed by atoms with Gasteiger partial charge >= 0.3 is 5.97 Å². The fraction of sp³-hybridized carbons (Fsp3) is 0.227. The third-order valence-corrected chi connectivity index (χ3v) is 4.71. The molecule has 0 aromatic heterocycles. The molecule has 0 radical (unpaired) electrons. The van der Waals surface area contributed by atoms with Crippen molar-refractivity contribution in [1.29, 1.82) is 5.26 Å². The van der Waals surface area contributed by atoms with Gasteiger partial charge in [-0.2, -0.15) is 5.26 Å². The molecule has 0 aliphatic carbocycles. The molecule has 1 aliphatic rings. The number of non-ortho nitro benzene ring substituents is 1. The van der Waals surface area contributed by atoms with E-state index in [9.17, 15) is 14.9 Å². The van der Waals surface area contributed by atoms with E-state index >= 15 is 0 Å². The molecule has 0 N–H and O–H groups in total. The first-order valence-corrected chi connectivity index (χ1v) is 9.43. The number of esters is 1. The van der Waals surface area contributed by atoms with E-state index in [0.717, 1.165) is 23.4 Å². The van der Waals surface area contributed by atoms with Crippen LogP contribution in [0.4, 0.5) is 11.4 Å². The summed E-state index contributed by atoms with van der Waals surface area (Å²) in [6.45, 7) is 5.39. The molecule has 2 aromatic carbocycles. The number of hydrogen-bond donors (Lipinski definition) is 0. The van der Waals surface area contributed by atoms with Gasteiger partial charge in [0.2, 0.25) is 5.90 Å². The molecule has 0 spiro atoms. The highest BCUT2D eigenvalue weighted by Gasteiger charge is 2.25. The molecule has 1 heterocycles. The van der Waals surface area contributed by atoms with E-state index in [-0.39, 0.29) is 17.3 Å². The summed E-state index contributed by atoms with van der Waals surface area (Å²) in [5, 5.41) is 19.8.